The first-order valence-electron chi connectivity index (χ1n) is 6.46. The van der Waals surface area contributed by atoms with Gasteiger partial charge < -0.3 is 16.2 Å². The normalized spacial score (nSPS) is 10.4. The summed E-state index contributed by atoms with van der Waals surface area (Å²) in [6, 6.07) is 8.90. The third-order valence-electron chi connectivity index (χ3n) is 3.23. The van der Waals surface area contributed by atoms with Crippen molar-refractivity contribution in [3.63, 3.8) is 0 Å². The van der Waals surface area contributed by atoms with Gasteiger partial charge in [0, 0.05) is 21.3 Å². The van der Waals surface area contributed by atoms with E-state index in [1.165, 1.54) is 0 Å². The summed E-state index contributed by atoms with van der Waals surface area (Å²) in [4.78, 5) is 11.1. The lowest BCUT2D eigenvalue weighted by molar-refractivity contribution is 0.100. The molecule has 21 heavy (non-hydrogen) atoms. The van der Waals surface area contributed by atoms with Gasteiger partial charge in [0.05, 0.1) is 0 Å². The number of nitrogen functional groups attached to an aromatic ring is 1. The van der Waals surface area contributed by atoms with Crippen LogP contribution < -0.4 is 16.2 Å². The number of hydrogen-bond donors (Lipinski definition) is 2. The maximum atomic E-state index is 11.1. The Morgan fingerprint density at radius 1 is 1.19 bits per heavy atom. The number of ether oxygens (including phenoxy) is 1. The molecule has 5 heteroatoms. The number of aryl methyl sites for hydroxylation is 2. The molecule has 4 nitrogen and oxygen atoms in total. The lowest BCUT2D eigenvalue weighted by Gasteiger charge is -2.12. The molecule has 0 radical (unpaired) electrons. The van der Waals surface area contributed by atoms with Gasteiger partial charge in [-0.2, -0.15) is 0 Å². The van der Waals surface area contributed by atoms with Crippen molar-refractivity contribution in [1.29, 1.82) is 0 Å². The number of halogens is 1. The van der Waals surface area contributed by atoms with Crippen LogP contribution in [0.1, 0.15) is 27.0 Å². The molecule has 0 saturated heterocycles. The van der Waals surface area contributed by atoms with E-state index < -0.39 is 5.91 Å². The van der Waals surface area contributed by atoms with E-state index in [0.29, 0.717) is 17.9 Å². The third kappa shape index (κ3) is 3.55. The summed E-state index contributed by atoms with van der Waals surface area (Å²) < 4.78 is 6.86. The Morgan fingerprint density at radius 2 is 1.81 bits per heavy atom. The molecule has 0 aliphatic heterocycles. The Hall–Kier alpha value is -2.01. The van der Waals surface area contributed by atoms with Crippen LogP contribution in [0, 0.1) is 13.8 Å². The largest absolute Gasteiger partial charge is 0.489 e. The molecule has 0 unspecified atom stereocenters. The van der Waals surface area contributed by atoms with Crippen molar-refractivity contribution in [3.05, 3.63) is 57.1 Å². The van der Waals surface area contributed by atoms with E-state index in [-0.39, 0.29) is 0 Å². The molecule has 2 aromatic carbocycles. The Morgan fingerprint density at radius 3 is 2.33 bits per heavy atom. The van der Waals surface area contributed by atoms with E-state index in [0.717, 1.165) is 26.9 Å². The Bertz CT molecular complexity index is 676. The molecule has 0 fully saturated rings. The fourth-order valence-electron chi connectivity index (χ4n) is 2.03. The van der Waals surface area contributed by atoms with E-state index in [9.17, 15) is 4.79 Å². The monoisotopic (exact) mass is 348 g/mol. The highest BCUT2D eigenvalue weighted by Gasteiger charge is 2.07. The number of carbonyl (C=O) groups excluding carboxylic acids is 1. The number of hydrogen-bond acceptors (Lipinski definition) is 3. The highest BCUT2D eigenvalue weighted by molar-refractivity contribution is 9.10. The van der Waals surface area contributed by atoms with Gasteiger partial charge in [-0.15, -0.1) is 0 Å². The van der Waals surface area contributed by atoms with Gasteiger partial charge >= 0.3 is 0 Å². The Labute approximate surface area is 132 Å². The molecule has 0 heterocycles. The number of primary amides is 1. The molecule has 2 aromatic rings. The fourth-order valence-corrected chi connectivity index (χ4v) is 2.26. The zero-order valence-corrected chi connectivity index (χ0v) is 13.5. The molecule has 0 bridgehead atoms. The van der Waals surface area contributed by atoms with Crippen LogP contribution in [0.15, 0.2) is 34.8 Å². The second kappa shape index (κ2) is 6.18. The second-order valence-corrected chi connectivity index (χ2v) is 5.73. The van der Waals surface area contributed by atoms with Crippen molar-refractivity contribution in [2.75, 3.05) is 5.73 Å². The van der Waals surface area contributed by atoms with Crippen molar-refractivity contribution in [3.8, 4) is 5.75 Å². The maximum absolute atomic E-state index is 11.1. The van der Waals surface area contributed by atoms with Crippen LogP contribution in [0.4, 0.5) is 5.69 Å². The van der Waals surface area contributed by atoms with Gasteiger partial charge in [0.25, 0.3) is 0 Å². The van der Waals surface area contributed by atoms with Crippen molar-refractivity contribution >= 4 is 27.5 Å². The molecule has 4 N–H and O–H groups in total. The minimum absolute atomic E-state index is 0.339. The minimum atomic E-state index is -0.492. The minimum Gasteiger partial charge on any atom is -0.489 e. The van der Waals surface area contributed by atoms with Crippen LogP contribution in [-0.2, 0) is 6.61 Å². The molecule has 110 valence electrons. The number of rotatable bonds is 4. The maximum Gasteiger partial charge on any atom is 0.248 e. The fraction of sp³-hybridized carbons (Fsp3) is 0.188. The molecule has 1 amide bonds. The van der Waals surface area contributed by atoms with Crippen LogP contribution >= 0.6 is 15.9 Å². The quantitative estimate of drug-likeness (QED) is 0.831. The lowest BCUT2D eigenvalue weighted by Crippen LogP contribution is -2.12. The van der Waals surface area contributed by atoms with Gasteiger partial charge in [-0.3, -0.25) is 4.79 Å². The van der Waals surface area contributed by atoms with Crippen molar-refractivity contribution in [1.82, 2.24) is 0 Å². The average Bonchev–Trinajstić information content (AvgIpc) is 2.43. The topological polar surface area (TPSA) is 78.3 Å². The standard InChI is InChI=1S/C16H17BrN2O2/c1-9-5-13(6-10(2)15(9)17)21-8-12-4-3-11(16(19)20)7-14(12)18/h3-7H,8,18H2,1-2H3,(H2,19,20). The summed E-state index contributed by atoms with van der Waals surface area (Å²) in [5.74, 6) is 0.292. The summed E-state index contributed by atoms with van der Waals surface area (Å²) in [5.41, 5.74) is 15.1. The van der Waals surface area contributed by atoms with Crippen molar-refractivity contribution in [2.24, 2.45) is 5.73 Å². The number of benzene rings is 2. The third-order valence-corrected chi connectivity index (χ3v) is 4.49. The first kappa shape index (κ1) is 15.4. The van der Waals surface area contributed by atoms with E-state index in [1.807, 2.05) is 26.0 Å². The van der Waals surface area contributed by atoms with Crippen molar-refractivity contribution < 1.29 is 9.53 Å². The van der Waals surface area contributed by atoms with Crippen molar-refractivity contribution in [2.45, 2.75) is 20.5 Å². The van der Waals surface area contributed by atoms with Gasteiger partial charge in [0.1, 0.15) is 12.4 Å². The molecule has 0 aromatic heterocycles. The van der Waals surface area contributed by atoms with Gasteiger partial charge in [0.15, 0.2) is 0 Å². The molecular formula is C16H17BrN2O2. The number of nitrogens with two attached hydrogens (primary N) is 2. The molecule has 0 spiro atoms. The average molecular weight is 349 g/mol. The van der Waals surface area contributed by atoms with Crippen LogP contribution in [0.3, 0.4) is 0 Å². The Kier molecular flexibility index (Phi) is 4.53. The molecule has 0 aliphatic carbocycles. The first-order chi connectivity index (χ1) is 9.88. The van der Waals surface area contributed by atoms with Crippen LogP contribution in [0.5, 0.6) is 5.75 Å². The number of anilines is 1. The van der Waals surface area contributed by atoms with Crippen LogP contribution in [-0.4, -0.2) is 5.91 Å². The van der Waals surface area contributed by atoms with Crippen LogP contribution in [0.2, 0.25) is 0 Å². The molecule has 0 aliphatic rings. The molecule has 2 rings (SSSR count). The zero-order valence-electron chi connectivity index (χ0n) is 11.9. The summed E-state index contributed by atoms with van der Waals surface area (Å²) in [6.07, 6.45) is 0. The predicted molar refractivity (Wildman–Crippen MR) is 87.3 cm³/mol. The predicted octanol–water partition coefficient (Wildman–Crippen LogP) is 3.33. The van der Waals surface area contributed by atoms with E-state index >= 15 is 0 Å². The van der Waals surface area contributed by atoms with Gasteiger partial charge in [-0.1, -0.05) is 22.0 Å². The summed E-state index contributed by atoms with van der Waals surface area (Å²) >= 11 is 3.52. The summed E-state index contributed by atoms with van der Waals surface area (Å²) in [5, 5.41) is 0. The molecule has 0 atom stereocenters. The second-order valence-electron chi connectivity index (χ2n) is 4.94. The van der Waals surface area contributed by atoms with E-state index in [4.69, 9.17) is 16.2 Å². The SMILES string of the molecule is Cc1cc(OCc2ccc(C(N)=O)cc2N)cc(C)c1Br. The number of amides is 1. The highest BCUT2D eigenvalue weighted by Crippen LogP contribution is 2.27. The highest BCUT2D eigenvalue weighted by atomic mass is 79.9. The first-order valence-corrected chi connectivity index (χ1v) is 7.25. The Balaban J connectivity index is 2.15. The molecule has 0 saturated carbocycles. The molecular weight excluding hydrogens is 332 g/mol. The van der Waals surface area contributed by atoms with E-state index in [1.54, 1.807) is 18.2 Å². The van der Waals surface area contributed by atoms with Gasteiger partial charge in [-0.05, 0) is 49.2 Å². The smallest absolute Gasteiger partial charge is 0.248 e. The van der Waals surface area contributed by atoms with Crippen LogP contribution in [0.25, 0.3) is 0 Å². The van der Waals surface area contributed by atoms with Gasteiger partial charge in [0.2, 0.25) is 5.91 Å². The van der Waals surface area contributed by atoms with E-state index in [2.05, 4.69) is 15.9 Å². The zero-order chi connectivity index (χ0) is 15.6. The number of carbonyl (C=O) groups is 1. The summed E-state index contributed by atoms with van der Waals surface area (Å²) in [6.45, 7) is 4.37. The van der Waals surface area contributed by atoms with Gasteiger partial charge in [-0.25, -0.2) is 0 Å². The lowest BCUT2D eigenvalue weighted by atomic mass is 10.1. The summed E-state index contributed by atoms with van der Waals surface area (Å²) in [7, 11) is 0.